The van der Waals surface area contributed by atoms with E-state index in [0.717, 1.165) is 16.5 Å². The summed E-state index contributed by atoms with van der Waals surface area (Å²) in [4.78, 5) is 43.2. The van der Waals surface area contributed by atoms with Gasteiger partial charge in [-0.3, -0.25) is 19.3 Å². The van der Waals surface area contributed by atoms with E-state index >= 15 is 0 Å². The summed E-state index contributed by atoms with van der Waals surface area (Å²) >= 11 is 5.96. The second-order valence-electron chi connectivity index (χ2n) is 8.00. The van der Waals surface area contributed by atoms with Crippen LogP contribution in [0.5, 0.6) is 0 Å². The lowest BCUT2D eigenvalue weighted by Gasteiger charge is -2.47. The molecule has 0 aliphatic carbocycles. The van der Waals surface area contributed by atoms with E-state index < -0.39 is 17.3 Å². The van der Waals surface area contributed by atoms with Gasteiger partial charge < -0.3 is 9.80 Å². The van der Waals surface area contributed by atoms with Crippen LogP contribution in [0.2, 0.25) is 5.02 Å². The smallest absolute Gasteiger partial charge is 0.255 e. The van der Waals surface area contributed by atoms with Crippen molar-refractivity contribution in [3.63, 3.8) is 0 Å². The molecule has 164 valence electrons. The third kappa shape index (κ3) is 3.69. The zero-order chi connectivity index (χ0) is 23.0. The van der Waals surface area contributed by atoms with E-state index in [0.29, 0.717) is 11.6 Å². The van der Waals surface area contributed by atoms with Crippen LogP contribution in [0.25, 0.3) is 0 Å². The molecule has 4 rings (SSSR count). The molecular formula is C23H20ClFN4O3. The minimum absolute atomic E-state index is 0.0366. The number of hydrogen-bond acceptors (Lipinski definition) is 4. The largest absolute Gasteiger partial charge is 0.340 e. The Balaban J connectivity index is 1.74. The van der Waals surface area contributed by atoms with Crippen molar-refractivity contribution >= 4 is 35.0 Å². The average molecular weight is 455 g/mol. The van der Waals surface area contributed by atoms with Crippen LogP contribution in [0.4, 0.5) is 10.1 Å². The molecule has 0 saturated carbocycles. The third-order valence-corrected chi connectivity index (χ3v) is 6.32. The van der Waals surface area contributed by atoms with E-state index in [-0.39, 0.29) is 49.1 Å². The number of halogens is 2. The van der Waals surface area contributed by atoms with E-state index in [1.165, 1.54) is 28.9 Å². The first-order chi connectivity index (χ1) is 15.2. The molecule has 2 aromatic rings. The van der Waals surface area contributed by atoms with Crippen LogP contribution in [0, 0.1) is 17.1 Å². The van der Waals surface area contributed by atoms with Gasteiger partial charge in [-0.1, -0.05) is 23.7 Å². The topological polar surface area (TPSA) is 84.7 Å². The van der Waals surface area contributed by atoms with Crippen molar-refractivity contribution in [1.82, 2.24) is 9.80 Å². The summed E-state index contributed by atoms with van der Waals surface area (Å²) < 4.78 is 14.7. The summed E-state index contributed by atoms with van der Waals surface area (Å²) in [6.07, 6.45) is 0.249. The van der Waals surface area contributed by atoms with Gasteiger partial charge in [-0.2, -0.15) is 5.26 Å². The zero-order valence-electron chi connectivity index (χ0n) is 17.3. The lowest BCUT2D eigenvalue weighted by atomic mass is 9.90. The molecule has 1 spiro atoms. The van der Waals surface area contributed by atoms with Crippen molar-refractivity contribution < 1.29 is 18.8 Å². The molecule has 7 nitrogen and oxygen atoms in total. The molecule has 0 N–H and O–H groups in total. The summed E-state index contributed by atoms with van der Waals surface area (Å²) in [6.45, 7) is 1.59. The number of benzene rings is 2. The highest BCUT2D eigenvalue weighted by Crippen LogP contribution is 2.37. The number of carbonyl (C=O) groups excluding carboxylic acids is 3. The molecule has 2 aromatic carbocycles. The molecule has 0 bridgehead atoms. The van der Waals surface area contributed by atoms with Gasteiger partial charge in [-0.05, 0) is 42.3 Å². The summed E-state index contributed by atoms with van der Waals surface area (Å²) in [5, 5.41) is 9.55. The van der Waals surface area contributed by atoms with Crippen molar-refractivity contribution in [2.24, 2.45) is 0 Å². The van der Waals surface area contributed by atoms with Gasteiger partial charge in [-0.25, -0.2) is 4.39 Å². The molecule has 2 aliphatic heterocycles. The molecule has 0 aromatic heterocycles. The Labute approximate surface area is 189 Å². The number of rotatable bonds is 3. The quantitative estimate of drug-likeness (QED) is 0.713. The Morgan fingerprint density at radius 2 is 1.94 bits per heavy atom. The van der Waals surface area contributed by atoms with Crippen LogP contribution >= 0.6 is 11.6 Å². The number of likely N-dealkylation sites (tertiary alicyclic amines) is 1. The van der Waals surface area contributed by atoms with Gasteiger partial charge in [0, 0.05) is 25.0 Å². The number of nitrogens with zero attached hydrogens (tertiary/aromatic N) is 4. The first kappa shape index (κ1) is 21.8. The Morgan fingerprint density at radius 1 is 1.22 bits per heavy atom. The van der Waals surface area contributed by atoms with E-state index in [4.69, 9.17) is 16.9 Å². The van der Waals surface area contributed by atoms with Crippen LogP contribution in [0.1, 0.15) is 24.5 Å². The lowest BCUT2D eigenvalue weighted by Crippen LogP contribution is -2.69. The normalized spacial score (nSPS) is 20.8. The van der Waals surface area contributed by atoms with E-state index in [1.54, 1.807) is 24.3 Å². The SMILES string of the molecule is CC(=O)N1CC[C@]2(C1)C(=O)N(c1ccc(C#N)cc1F)CC(=O)N2Cc1ccc(Cl)cc1. The van der Waals surface area contributed by atoms with E-state index in [9.17, 15) is 18.8 Å². The fraction of sp³-hybridized carbons (Fsp3) is 0.304. The first-order valence-corrected chi connectivity index (χ1v) is 10.4. The number of anilines is 1. The zero-order valence-corrected chi connectivity index (χ0v) is 18.1. The lowest BCUT2D eigenvalue weighted by molar-refractivity contribution is -0.151. The van der Waals surface area contributed by atoms with Gasteiger partial charge in [0.25, 0.3) is 5.91 Å². The fourth-order valence-corrected chi connectivity index (χ4v) is 4.48. The number of nitriles is 1. The van der Waals surface area contributed by atoms with Crippen LogP contribution in [-0.2, 0) is 20.9 Å². The molecular weight excluding hydrogens is 435 g/mol. The Bertz CT molecular complexity index is 1150. The second-order valence-corrected chi connectivity index (χ2v) is 8.43. The number of piperazine rings is 1. The minimum atomic E-state index is -1.30. The van der Waals surface area contributed by atoms with Crippen LogP contribution in [-0.4, -0.2) is 52.7 Å². The summed E-state index contributed by atoms with van der Waals surface area (Å²) in [6, 6.07) is 12.6. The molecule has 2 aliphatic rings. The molecule has 9 heteroatoms. The van der Waals surface area contributed by atoms with Gasteiger partial charge in [0.15, 0.2) is 0 Å². The third-order valence-electron chi connectivity index (χ3n) is 6.07. The number of carbonyl (C=O) groups is 3. The van der Waals surface area contributed by atoms with Crippen LogP contribution in [0.15, 0.2) is 42.5 Å². The molecule has 1 atom stereocenters. The molecule has 0 unspecified atom stereocenters. The summed E-state index contributed by atoms with van der Waals surface area (Å²) in [7, 11) is 0. The highest BCUT2D eigenvalue weighted by molar-refractivity contribution is 6.30. The van der Waals surface area contributed by atoms with Crippen LogP contribution in [0.3, 0.4) is 0 Å². The van der Waals surface area contributed by atoms with E-state index in [1.807, 2.05) is 6.07 Å². The van der Waals surface area contributed by atoms with Gasteiger partial charge in [0.05, 0.1) is 23.9 Å². The van der Waals surface area contributed by atoms with Crippen LogP contribution < -0.4 is 4.90 Å². The summed E-state index contributed by atoms with van der Waals surface area (Å²) in [5.41, 5.74) is -0.464. The first-order valence-electron chi connectivity index (χ1n) is 10.1. The molecule has 2 saturated heterocycles. The highest BCUT2D eigenvalue weighted by atomic mass is 35.5. The minimum Gasteiger partial charge on any atom is -0.340 e. The van der Waals surface area contributed by atoms with Gasteiger partial charge in [0.1, 0.15) is 17.9 Å². The van der Waals surface area contributed by atoms with E-state index in [2.05, 4.69) is 0 Å². The maximum Gasteiger partial charge on any atom is 0.255 e. The Hall–Kier alpha value is -3.44. The monoisotopic (exact) mass is 454 g/mol. The van der Waals surface area contributed by atoms with Crippen molar-refractivity contribution in [1.29, 1.82) is 5.26 Å². The van der Waals surface area contributed by atoms with Crippen molar-refractivity contribution in [3.8, 4) is 6.07 Å². The number of hydrogen-bond donors (Lipinski definition) is 0. The molecule has 0 radical (unpaired) electrons. The molecule has 3 amide bonds. The molecule has 32 heavy (non-hydrogen) atoms. The van der Waals surface area contributed by atoms with Crippen molar-refractivity contribution in [2.75, 3.05) is 24.5 Å². The molecule has 2 fully saturated rings. The van der Waals surface area contributed by atoms with Gasteiger partial charge in [-0.15, -0.1) is 0 Å². The fourth-order valence-electron chi connectivity index (χ4n) is 4.36. The second kappa shape index (κ2) is 8.24. The van der Waals surface area contributed by atoms with Crippen molar-refractivity contribution in [3.05, 3.63) is 64.4 Å². The standard InChI is InChI=1S/C23H20ClFN4O3/c1-15(30)27-9-8-23(14-27)22(32)28(20-7-4-17(11-26)10-19(20)25)13-21(31)29(23)12-16-2-5-18(24)6-3-16/h2-7,10H,8-9,12-14H2,1H3/t23-/m0/s1. The average Bonchev–Trinajstić information content (AvgIpc) is 3.22. The maximum atomic E-state index is 14.7. The highest BCUT2D eigenvalue weighted by Gasteiger charge is 2.56. The van der Waals surface area contributed by atoms with Crippen molar-refractivity contribution in [2.45, 2.75) is 25.4 Å². The predicted octanol–water partition coefficient (Wildman–Crippen LogP) is 2.72. The summed E-state index contributed by atoms with van der Waals surface area (Å²) in [5.74, 6) is -1.75. The van der Waals surface area contributed by atoms with Gasteiger partial charge >= 0.3 is 0 Å². The Kier molecular flexibility index (Phi) is 5.61. The molecule has 2 heterocycles. The maximum absolute atomic E-state index is 14.7. The Morgan fingerprint density at radius 3 is 2.53 bits per heavy atom. The number of amides is 3. The predicted molar refractivity (Wildman–Crippen MR) is 115 cm³/mol. The van der Waals surface area contributed by atoms with Gasteiger partial charge in [0.2, 0.25) is 11.8 Å².